The van der Waals surface area contributed by atoms with E-state index in [0.29, 0.717) is 0 Å². The second kappa shape index (κ2) is 3.98. The molecular formula is C17H29N. The van der Waals surface area contributed by atoms with E-state index in [0.717, 1.165) is 35.5 Å². The Morgan fingerprint density at radius 2 is 1.50 bits per heavy atom. The molecule has 5 rings (SSSR count). The van der Waals surface area contributed by atoms with Crippen LogP contribution in [0.5, 0.6) is 0 Å². The summed E-state index contributed by atoms with van der Waals surface area (Å²) in [5.74, 6) is 6.34. The van der Waals surface area contributed by atoms with Crippen LogP contribution in [-0.2, 0) is 0 Å². The van der Waals surface area contributed by atoms with Crippen LogP contribution in [-0.4, -0.2) is 5.54 Å². The maximum Gasteiger partial charge on any atom is 0.0154 e. The molecule has 0 aromatic carbocycles. The van der Waals surface area contributed by atoms with Crippen LogP contribution >= 0.6 is 0 Å². The van der Waals surface area contributed by atoms with Crippen molar-refractivity contribution >= 4 is 0 Å². The largest absolute Gasteiger partial charge is 0.325 e. The molecule has 5 aliphatic carbocycles. The lowest BCUT2D eigenvalue weighted by Crippen LogP contribution is -2.46. The quantitative estimate of drug-likeness (QED) is 0.799. The van der Waals surface area contributed by atoms with Gasteiger partial charge in [0, 0.05) is 5.54 Å². The van der Waals surface area contributed by atoms with Crippen molar-refractivity contribution in [2.24, 2.45) is 41.2 Å². The van der Waals surface area contributed by atoms with Gasteiger partial charge < -0.3 is 5.73 Å². The van der Waals surface area contributed by atoms with E-state index in [1.54, 1.807) is 32.1 Å². The third-order valence-corrected chi connectivity index (χ3v) is 6.95. The molecule has 5 aliphatic rings. The van der Waals surface area contributed by atoms with Crippen molar-refractivity contribution in [1.29, 1.82) is 0 Å². The first-order chi connectivity index (χ1) is 8.62. The van der Waals surface area contributed by atoms with Gasteiger partial charge in [0.15, 0.2) is 0 Å². The Balaban J connectivity index is 1.40. The molecule has 5 fully saturated rings. The molecule has 0 spiro atoms. The van der Waals surface area contributed by atoms with Crippen LogP contribution in [0.4, 0.5) is 0 Å². The Morgan fingerprint density at radius 1 is 0.944 bits per heavy atom. The lowest BCUT2D eigenvalue weighted by molar-refractivity contribution is -0.0423. The molecule has 0 aromatic rings. The van der Waals surface area contributed by atoms with Crippen molar-refractivity contribution in [2.75, 3.05) is 0 Å². The minimum atomic E-state index is 0.161. The molecule has 0 radical (unpaired) electrons. The maximum absolute atomic E-state index is 6.53. The summed E-state index contributed by atoms with van der Waals surface area (Å²) >= 11 is 0. The van der Waals surface area contributed by atoms with E-state index in [-0.39, 0.29) is 5.54 Å². The highest BCUT2D eigenvalue weighted by molar-refractivity contribution is 5.00. The van der Waals surface area contributed by atoms with Crippen LogP contribution in [0.3, 0.4) is 0 Å². The van der Waals surface area contributed by atoms with Crippen molar-refractivity contribution in [2.45, 2.75) is 70.3 Å². The van der Waals surface area contributed by atoms with Gasteiger partial charge in [0.25, 0.3) is 0 Å². The van der Waals surface area contributed by atoms with Gasteiger partial charge in [0.2, 0.25) is 0 Å². The Morgan fingerprint density at radius 3 is 2.00 bits per heavy atom. The van der Waals surface area contributed by atoms with Gasteiger partial charge in [0.1, 0.15) is 0 Å². The van der Waals surface area contributed by atoms with E-state index >= 15 is 0 Å². The Kier molecular flexibility index (Phi) is 2.60. The Hall–Kier alpha value is -0.0400. The summed E-state index contributed by atoms with van der Waals surface area (Å²) in [4.78, 5) is 0. The van der Waals surface area contributed by atoms with Gasteiger partial charge in [-0.05, 0) is 100 Å². The summed E-state index contributed by atoms with van der Waals surface area (Å²) in [7, 11) is 0. The fourth-order valence-electron chi connectivity index (χ4n) is 5.93. The molecule has 2 N–H and O–H groups in total. The van der Waals surface area contributed by atoms with Gasteiger partial charge in [-0.15, -0.1) is 0 Å². The SMILES string of the molecule is CC(N)(CCC1C2CC3CC(C2)CC1C3)C1CC1. The smallest absolute Gasteiger partial charge is 0.0154 e. The van der Waals surface area contributed by atoms with Gasteiger partial charge in [-0.3, -0.25) is 0 Å². The molecule has 102 valence electrons. The topological polar surface area (TPSA) is 26.0 Å². The summed E-state index contributed by atoms with van der Waals surface area (Å²) in [5.41, 5.74) is 6.69. The monoisotopic (exact) mass is 247 g/mol. The molecule has 1 unspecified atom stereocenters. The Bertz CT molecular complexity index is 301. The van der Waals surface area contributed by atoms with E-state index in [1.807, 2.05) is 0 Å². The van der Waals surface area contributed by atoms with Gasteiger partial charge >= 0.3 is 0 Å². The third kappa shape index (κ3) is 1.94. The summed E-state index contributed by atoms with van der Waals surface area (Å²) in [6, 6.07) is 0. The number of nitrogens with two attached hydrogens (primary N) is 1. The molecule has 0 saturated heterocycles. The fraction of sp³-hybridized carbons (Fsp3) is 1.00. The molecule has 0 heterocycles. The number of hydrogen-bond donors (Lipinski definition) is 1. The van der Waals surface area contributed by atoms with E-state index in [9.17, 15) is 0 Å². The lowest BCUT2D eigenvalue weighted by atomic mass is 9.51. The van der Waals surface area contributed by atoms with E-state index in [2.05, 4.69) is 6.92 Å². The highest BCUT2D eigenvalue weighted by Crippen LogP contribution is 2.58. The van der Waals surface area contributed by atoms with Crippen LogP contribution in [0.1, 0.15) is 64.7 Å². The maximum atomic E-state index is 6.53. The minimum absolute atomic E-state index is 0.161. The molecular weight excluding hydrogens is 218 g/mol. The predicted octanol–water partition coefficient (Wildman–Crippen LogP) is 3.97. The lowest BCUT2D eigenvalue weighted by Gasteiger charge is -2.55. The van der Waals surface area contributed by atoms with Crippen molar-refractivity contribution in [1.82, 2.24) is 0 Å². The van der Waals surface area contributed by atoms with Crippen molar-refractivity contribution in [3.63, 3.8) is 0 Å². The van der Waals surface area contributed by atoms with Gasteiger partial charge in [-0.1, -0.05) is 0 Å². The summed E-state index contributed by atoms with van der Waals surface area (Å²) < 4.78 is 0. The first-order valence-corrected chi connectivity index (χ1v) is 8.40. The highest BCUT2D eigenvalue weighted by atomic mass is 14.8. The molecule has 1 nitrogen and oxygen atoms in total. The summed E-state index contributed by atoms with van der Waals surface area (Å²) in [5, 5.41) is 0. The molecule has 5 saturated carbocycles. The average Bonchev–Trinajstić information content (AvgIpc) is 3.10. The third-order valence-electron chi connectivity index (χ3n) is 6.95. The zero-order chi connectivity index (χ0) is 12.3. The van der Waals surface area contributed by atoms with Gasteiger partial charge in [0.05, 0.1) is 0 Å². The number of hydrogen-bond acceptors (Lipinski definition) is 1. The van der Waals surface area contributed by atoms with Gasteiger partial charge in [-0.2, -0.15) is 0 Å². The van der Waals surface area contributed by atoms with Gasteiger partial charge in [-0.25, -0.2) is 0 Å². The molecule has 0 aliphatic heterocycles. The molecule has 0 amide bonds. The fourth-order valence-corrected chi connectivity index (χ4v) is 5.93. The van der Waals surface area contributed by atoms with Crippen molar-refractivity contribution < 1.29 is 0 Å². The zero-order valence-electron chi connectivity index (χ0n) is 11.9. The van der Waals surface area contributed by atoms with Crippen LogP contribution in [0, 0.1) is 35.5 Å². The second-order valence-electron chi connectivity index (χ2n) is 8.41. The molecule has 18 heavy (non-hydrogen) atoms. The van der Waals surface area contributed by atoms with Crippen molar-refractivity contribution in [3.8, 4) is 0 Å². The summed E-state index contributed by atoms with van der Waals surface area (Å²) in [6.07, 6.45) is 13.4. The molecule has 1 atom stereocenters. The predicted molar refractivity (Wildman–Crippen MR) is 75.1 cm³/mol. The van der Waals surface area contributed by atoms with E-state index in [1.165, 1.54) is 25.7 Å². The average molecular weight is 247 g/mol. The van der Waals surface area contributed by atoms with Crippen molar-refractivity contribution in [3.05, 3.63) is 0 Å². The van der Waals surface area contributed by atoms with E-state index in [4.69, 9.17) is 5.73 Å². The Labute approximate surface area is 112 Å². The van der Waals surface area contributed by atoms with Crippen LogP contribution < -0.4 is 5.73 Å². The molecule has 4 bridgehead atoms. The highest BCUT2D eigenvalue weighted by Gasteiger charge is 2.48. The minimum Gasteiger partial charge on any atom is -0.325 e. The summed E-state index contributed by atoms with van der Waals surface area (Å²) in [6.45, 7) is 2.32. The number of rotatable bonds is 4. The first-order valence-electron chi connectivity index (χ1n) is 8.40. The van der Waals surface area contributed by atoms with Crippen LogP contribution in [0.25, 0.3) is 0 Å². The van der Waals surface area contributed by atoms with Crippen LogP contribution in [0.15, 0.2) is 0 Å². The van der Waals surface area contributed by atoms with E-state index < -0.39 is 0 Å². The normalized spacial score (nSPS) is 49.3. The zero-order valence-corrected chi connectivity index (χ0v) is 11.9. The molecule has 0 aromatic heterocycles. The van der Waals surface area contributed by atoms with Crippen LogP contribution in [0.2, 0.25) is 0 Å². The molecule has 1 heteroatoms. The second-order valence-corrected chi connectivity index (χ2v) is 8.41. The standard InChI is InChI=1S/C17H29N/c1-17(18,15-2-3-15)5-4-16-13-7-11-6-12(9-13)10-14(16)8-11/h11-16H,2-10,18H2,1H3. The first kappa shape index (κ1) is 11.8.